The number of nitrogens with two attached hydrogens (primary N) is 1. The van der Waals surface area contributed by atoms with Crippen LogP contribution in [0.4, 0.5) is 0 Å². The van der Waals surface area contributed by atoms with Gasteiger partial charge in [0.05, 0.1) is 13.2 Å². The van der Waals surface area contributed by atoms with Gasteiger partial charge in [0.15, 0.2) is 11.5 Å². The Hall–Kier alpha value is -1.75. The predicted octanol–water partition coefficient (Wildman–Crippen LogP) is 1.85. The van der Waals surface area contributed by atoms with Crippen molar-refractivity contribution >= 4 is 5.91 Å². The van der Waals surface area contributed by atoms with Gasteiger partial charge < -0.3 is 20.5 Å². The van der Waals surface area contributed by atoms with Crippen LogP contribution in [0.5, 0.6) is 11.5 Å². The third kappa shape index (κ3) is 3.47. The molecule has 0 spiro atoms. The number of ether oxygens (including phenoxy) is 2. The van der Waals surface area contributed by atoms with Gasteiger partial charge in [-0.1, -0.05) is 0 Å². The molecular formula is C16H22N2O3. The van der Waals surface area contributed by atoms with Crippen molar-refractivity contribution in [1.29, 1.82) is 0 Å². The summed E-state index contributed by atoms with van der Waals surface area (Å²) in [6, 6.07) is 5.89. The Balaban J connectivity index is 1.66. The molecule has 0 saturated heterocycles. The van der Waals surface area contributed by atoms with E-state index in [1.807, 2.05) is 6.07 Å². The van der Waals surface area contributed by atoms with Crippen LogP contribution in [0.15, 0.2) is 18.2 Å². The van der Waals surface area contributed by atoms with E-state index < -0.39 is 0 Å². The third-order valence-electron chi connectivity index (χ3n) is 4.12. The number of nitrogens with one attached hydrogen (secondary N) is 1. The molecule has 5 nitrogen and oxygen atoms in total. The molecule has 1 aromatic rings. The number of carbonyl (C=O) groups excluding carboxylic acids is 1. The molecule has 1 saturated carbocycles. The lowest BCUT2D eigenvalue weighted by molar-refractivity contribution is 0.0925. The van der Waals surface area contributed by atoms with Crippen LogP contribution >= 0.6 is 0 Å². The van der Waals surface area contributed by atoms with Crippen LogP contribution in [0.3, 0.4) is 0 Å². The Labute approximate surface area is 124 Å². The minimum absolute atomic E-state index is 0.0499. The van der Waals surface area contributed by atoms with E-state index in [1.54, 1.807) is 12.1 Å². The van der Waals surface area contributed by atoms with Gasteiger partial charge in [0.1, 0.15) is 0 Å². The van der Waals surface area contributed by atoms with Crippen LogP contribution in [-0.2, 0) is 0 Å². The van der Waals surface area contributed by atoms with Gasteiger partial charge in [-0.2, -0.15) is 0 Å². The number of hydrogen-bond donors (Lipinski definition) is 2. The van der Waals surface area contributed by atoms with Crippen molar-refractivity contribution < 1.29 is 14.3 Å². The summed E-state index contributed by atoms with van der Waals surface area (Å²) in [5, 5.41) is 3.09. The first-order valence-corrected chi connectivity index (χ1v) is 7.68. The van der Waals surface area contributed by atoms with E-state index in [0.29, 0.717) is 30.3 Å². The lowest BCUT2D eigenvalue weighted by Gasteiger charge is -2.26. The molecule has 21 heavy (non-hydrogen) atoms. The van der Waals surface area contributed by atoms with E-state index in [2.05, 4.69) is 5.32 Å². The number of carbonyl (C=O) groups is 1. The molecule has 0 aromatic heterocycles. The van der Waals surface area contributed by atoms with Crippen LogP contribution < -0.4 is 20.5 Å². The molecule has 1 aromatic carbocycles. The monoisotopic (exact) mass is 290 g/mol. The first-order valence-electron chi connectivity index (χ1n) is 7.68. The van der Waals surface area contributed by atoms with E-state index in [-0.39, 0.29) is 18.0 Å². The minimum atomic E-state index is -0.0499. The predicted molar refractivity (Wildman–Crippen MR) is 79.7 cm³/mol. The van der Waals surface area contributed by atoms with Gasteiger partial charge in [-0.05, 0) is 43.9 Å². The average molecular weight is 290 g/mol. The van der Waals surface area contributed by atoms with E-state index in [1.165, 1.54) is 0 Å². The van der Waals surface area contributed by atoms with Gasteiger partial charge in [0.2, 0.25) is 0 Å². The van der Waals surface area contributed by atoms with E-state index >= 15 is 0 Å². The van der Waals surface area contributed by atoms with Crippen LogP contribution in [0, 0.1) is 0 Å². The Bertz CT molecular complexity index is 510. The second-order valence-corrected chi connectivity index (χ2v) is 5.80. The molecule has 1 heterocycles. The summed E-state index contributed by atoms with van der Waals surface area (Å²) in [7, 11) is 0. The number of fused-ring (bicyclic) bond motifs is 1. The summed E-state index contributed by atoms with van der Waals surface area (Å²) in [6.45, 7) is 1.28. The van der Waals surface area contributed by atoms with Gasteiger partial charge in [-0.3, -0.25) is 4.79 Å². The van der Waals surface area contributed by atoms with Crippen molar-refractivity contribution in [2.45, 2.75) is 44.2 Å². The molecule has 0 unspecified atom stereocenters. The molecule has 0 bridgehead atoms. The summed E-state index contributed by atoms with van der Waals surface area (Å²) in [5.41, 5.74) is 6.51. The molecule has 1 aliphatic heterocycles. The van der Waals surface area contributed by atoms with Crippen molar-refractivity contribution in [2.24, 2.45) is 5.73 Å². The molecule has 2 aliphatic rings. The van der Waals surface area contributed by atoms with Gasteiger partial charge in [-0.15, -0.1) is 0 Å². The van der Waals surface area contributed by atoms with Gasteiger partial charge in [0.25, 0.3) is 5.91 Å². The maximum absolute atomic E-state index is 12.3. The zero-order valence-corrected chi connectivity index (χ0v) is 12.1. The summed E-state index contributed by atoms with van der Waals surface area (Å²) < 4.78 is 11.2. The van der Waals surface area contributed by atoms with Gasteiger partial charge >= 0.3 is 0 Å². The Morgan fingerprint density at radius 3 is 2.57 bits per heavy atom. The molecular weight excluding hydrogens is 268 g/mol. The third-order valence-corrected chi connectivity index (χ3v) is 4.12. The van der Waals surface area contributed by atoms with Crippen molar-refractivity contribution in [3.8, 4) is 11.5 Å². The second kappa shape index (κ2) is 6.35. The molecule has 5 heteroatoms. The van der Waals surface area contributed by atoms with E-state index in [0.717, 1.165) is 32.1 Å². The molecule has 0 radical (unpaired) electrons. The van der Waals surface area contributed by atoms with Crippen LogP contribution in [0.25, 0.3) is 0 Å². The normalized spacial score (nSPS) is 25.0. The molecule has 3 rings (SSSR count). The lowest BCUT2D eigenvalue weighted by Crippen LogP contribution is -2.40. The second-order valence-electron chi connectivity index (χ2n) is 5.80. The zero-order chi connectivity index (χ0) is 14.7. The smallest absolute Gasteiger partial charge is 0.251 e. The summed E-state index contributed by atoms with van der Waals surface area (Å²) in [6.07, 6.45) is 4.73. The average Bonchev–Trinajstić information content (AvgIpc) is 2.74. The number of amides is 1. The van der Waals surface area contributed by atoms with Crippen LogP contribution in [0.1, 0.15) is 42.5 Å². The summed E-state index contributed by atoms with van der Waals surface area (Å²) in [5.74, 6) is 1.32. The largest absolute Gasteiger partial charge is 0.490 e. The molecule has 114 valence electrons. The van der Waals surface area contributed by atoms with Gasteiger partial charge in [-0.25, -0.2) is 0 Å². The maximum Gasteiger partial charge on any atom is 0.251 e. The number of benzene rings is 1. The van der Waals surface area contributed by atoms with Crippen molar-refractivity contribution in [1.82, 2.24) is 5.32 Å². The molecule has 1 amide bonds. The molecule has 0 atom stereocenters. The molecule has 3 N–H and O–H groups in total. The SMILES string of the molecule is NC1CCC(NC(=O)c2ccc3c(c2)OCCCO3)CC1. The highest BCUT2D eigenvalue weighted by Crippen LogP contribution is 2.30. The van der Waals surface area contributed by atoms with Gasteiger partial charge in [0, 0.05) is 24.1 Å². The quantitative estimate of drug-likeness (QED) is 0.871. The zero-order valence-electron chi connectivity index (χ0n) is 12.1. The number of rotatable bonds is 2. The van der Waals surface area contributed by atoms with Crippen molar-refractivity contribution in [3.05, 3.63) is 23.8 Å². The first-order chi connectivity index (χ1) is 10.2. The standard InChI is InChI=1S/C16H22N2O3/c17-12-3-5-13(6-4-12)18-16(19)11-2-7-14-15(10-11)21-9-1-8-20-14/h2,7,10,12-13H,1,3-6,8-9,17H2,(H,18,19). The fourth-order valence-corrected chi connectivity index (χ4v) is 2.84. The topological polar surface area (TPSA) is 73.6 Å². The Morgan fingerprint density at radius 2 is 1.81 bits per heavy atom. The highest BCUT2D eigenvalue weighted by Gasteiger charge is 2.21. The van der Waals surface area contributed by atoms with E-state index in [9.17, 15) is 4.79 Å². The van der Waals surface area contributed by atoms with Crippen molar-refractivity contribution in [2.75, 3.05) is 13.2 Å². The Morgan fingerprint density at radius 1 is 1.10 bits per heavy atom. The first kappa shape index (κ1) is 14.2. The highest BCUT2D eigenvalue weighted by molar-refractivity contribution is 5.95. The highest BCUT2D eigenvalue weighted by atomic mass is 16.5. The van der Waals surface area contributed by atoms with Crippen LogP contribution in [0.2, 0.25) is 0 Å². The minimum Gasteiger partial charge on any atom is -0.490 e. The van der Waals surface area contributed by atoms with Crippen molar-refractivity contribution in [3.63, 3.8) is 0 Å². The Kier molecular flexibility index (Phi) is 4.29. The molecule has 1 aliphatic carbocycles. The molecule has 1 fully saturated rings. The summed E-state index contributed by atoms with van der Waals surface area (Å²) in [4.78, 5) is 12.3. The number of hydrogen-bond acceptors (Lipinski definition) is 4. The maximum atomic E-state index is 12.3. The lowest BCUT2D eigenvalue weighted by atomic mass is 9.91. The fraction of sp³-hybridized carbons (Fsp3) is 0.562. The van der Waals surface area contributed by atoms with Crippen LogP contribution in [-0.4, -0.2) is 31.2 Å². The summed E-state index contributed by atoms with van der Waals surface area (Å²) >= 11 is 0. The fourth-order valence-electron chi connectivity index (χ4n) is 2.84. The van der Waals surface area contributed by atoms with E-state index in [4.69, 9.17) is 15.2 Å².